The average Bonchev–Trinajstić information content (AvgIpc) is 2.51. The summed E-state index contributed by atoms with van der Waals surface area (Å²) in [4.78, 5) is 39.2. The first kappa shape index (κ1) is 24.3. The van der Waals surface area contributed by atoms with Gasteiger partial charge in [0.05, 0.1) is 12.1 Å². The summed E-state index contributed by atoms with van der Waals surface area (Å²) in [6, 6.07) is 1.18. The lowest BCUT2D eigenvalue weighted by Crippen LogP contribution is -2.44. The Balaban J connectivity index is 2.82. The molecule has 1 heterocycles. The lowest BCUT2D eigenvalue weighted by atomic mass is 10.1. The number of carbonyl (C=O) groups is 3. The van der Waals surface area contributed by atoms with Gasteiger partial charge in [-0.2, -0.15) is 0 Å². The Morgan fingerprint density at radius 3 is 2.21 bits per heavy atom. The number of amides is 1. The number of ether oxygens (including phenoxy) is 2. The first-order valence-corrected chi connectivity index (χ1v) is 9.25. The minimum absolute atomic E-state index is 0.00577. The summed E-state index contributed by atoms with van der Waals surface area (Å²) >= 11 is 0. The van der Waals surface area contributed by atoms with Gasteiger partial charge in [-0.05, 0) is 53.7 Å². The smallest absolute Gasteiger partial charge is 0.408 e. The molecule has 0 aromatic carbocycles. The molecule has 9 heteroatoms. The van der Waals surface area contributed by atoms with Crippen LogP contribution in [0.15, 0.2) is 12.1 Å². The van der Waals surface area contributed by atoms with Gasteiger partial charge in [-0.25, -0.2) is 14.0 Å². The number of aryl methyl sites for hydroxylation is 1. The largest absolute Gasteiger partial charge is 0.480 e. The van der Waals surface area contributed by atoms with Gasteiger partial charge in [0.2, 0.25) is 0 Å². The highest BCUT2D eigenvalue weighted by Crippen LogP contribution is 2.14. The number of hydrogen-bond donors (Lipinski definition) is 2. The Bertz CT molecular complexity index is 752. The van der Waals surface area contributed by atoms with Crippen LogP contribution in [0, 0.1) is 5.82 Å². The van der Waals surface area contributed by atoms with Crippen molar-refractivity contribution in [1.82, 2.24) is 10.3 Å². The topological polar surface area (TPSA) is 115 Å². The highest BCUT2D eigenvalue weighted by molar-refractivity contribution is 5.80. The quantitative estimate of drug-likeness (QED) is 0.662. The third kappa shape index (κ3) is 9.87. The van der Waals surface area contributed by atoms with Crippen molar-refractivity contribution in [3.63, 3.8) is 0 Å². The van der Waals surface area contributed by atoms with Crippen LogP contribution in [0.5, 0.6) is 0 Å². The standard InChI is InChI=1S/C20H29FN2O6/c1-19(2,3)28-16(24)10-9-14-13(21)8-7-12(22-14)11-15(17(25)26)23-18(27)29-20(4,5)6/h7-8,15H,9-11H2,1-6H3,(H,23,27)(H,25,26). The molecule has 1 atom stereocenters. The lowest BCUT2D eigenvalue weighted by Gasteiger charge is -2.22. The molecule has 29 heavy (non-hydrogen) atoms. The first-order valence-electron chi connectivity index (χ1n) is 9.25. The van der Waals surface area contributed by atoms with Gasteiger partial charge < -0.3 is 19.9 Å². The number of alkyl carbamates (subject to hydrolysis) is 1. The summed E-state index contributed by atoms with van der Waals surface area (Å²) in [6.07, 6.45) is -1.11. The second kappa shape index (κ2) is 9.67. The van der Waals surface area contributed by atoms with Crippen molar-refractivity contribution in [3.8, 4) is 0 Å². The molecule has 0 aliphatic heterocycles. The van der Waals surface area contributed by atoms with Crippen LogP contribution in [-0.4, -0.2) is 45.4 Å². The molecule has 0 saturated heterocycles. The van der Waals surface area contributed by atoms with Gasteiger partial charge in [0.1, 0.15) is 23.1 Å². The molecule has 0 radical (unpaired) electrons. The molecule has 8 nitrogen and oxygen atoms in total. The summed E-state index contributed by atoms with van der Waals surface area (Å²) in [5.74, 6) is -2.37. The normalized spacial score (nSPS) is 12.8. The summed E-state index contributed by atoms with van der Waals surface area (Å²) in [6.45, 7) is 10.2. The van der Waals surface area contributed by atoms with Gasteiger partial charge in [0.25, 0.3) is 0 Å². The number of carbonyl (C=O) groups excluding carboxylic acids is 2. The van der Waals surface area contributed by atoms with Crippen LogP contribution in [-0.2, 0) is 31.9 Å². The van der Waals surface area contributed by atoms with Crippen LogP contribution in [0.25, 0.3) is 0 Å². The van der Waals surface area contributed by atoms with E-state index in [-0.39, 0.29) is 30.7 Å². The van der Waals surface area contributed by atoms with Gasteiger partial charge in [-0.3, -0.25) is 9.78 Å². The van der Waals surface area contributed by atoms with E-state index in [0.717, 1.165) is 6.07 Å². The van der Waals surface area contributed by atoms with E-state index < -0.39 is 41.1 Å². The summed E-state index contributed by atoms with van der Waals surface area (Å²) in [7, 11) is 0. The van der Waals surface area contributed by atoms with Crippen molar-refractivity contribution in [2.75, 3.05) is 0 Å². The Labute approximate surface area is 169 Å². The number of rotatable bonds is 7. The highest BCUT2D eigenvalue weighted by Gasteiger charge is 2.25. The summed E-state index contributed by atoms with van der Waals surface area (Å²) in [5.41, 5.74) is -1.15. The van der Waals surface area contributed by atoms with E-state index in [1.165, 1.54) is 6.07 Å². The fraction of sp³-hybridized carbons (Fsp3) is 0.600. The minimum Gasteiger partial charge on any atom is -0.480 e. The van der Waals surface area contributed by atoms with Gasteiger partial charge in [0.15, 0.2) is 0 Å². The molecule has 1 amide bonds. The van der Waals surface area contributed by atoms with E-state index in [0.29, 0.717) is 0 Å². The fourth-order valence-corrected chi connectivity index (χ4v) is 2.29. The van der Waals surface area contributed by atoms with E-state index in [9.17, 15) is 23.9 Å². The molecule has 0 spiro atoms. The van der Waals surface area contributed by atoms with Crippen LogP contribution in [0.3, 0.4) is 0 Å². The van der Waals surface area contributed by atoms with Crippen molar-refractivity contribution < 1.29 is 33.4 Å². The SMILES string of the molecule is CC(C)(C)OC(=O)CCc1nc(CC(NC(=O)OC(C)(C)C)C(=O)O)ccc1F. The third-order valence-electron chi connectivity index (χ3n) is 3.36. The number of halogens is 1. The number of carboxylic acids is 1. The fourth-order valence-electron chi connectivity index (χ4n) is 2.29. The summed E-state index contributed by atoms with van der Waals surface area (Å²) in [5, 5.41) is 11.6. The Morgan fingerprint density at radius 1 is 1.10 bits per heavy atom. The molecule has 2 N–H and O–H groups in total. The van der Waals surface area contributed by atoms with Crippen LogP contribution < -0.4 is 5.32 Å². The maximum absolute atomic E-state index is 14.0. The number of aliphatic carboxylic acids is 1. The molecule has 1 aromatic rings. The first-order chi connectivity index (χ1) is 13.2. The number of hydrogen-bond acceptors (Lipinski definition) is 6. The second-order valence-corrected chi connectivity index (χ2v) is 8.56. The van der Waals surface area contributed by atoms with Crippen LogP contribution in [0.1, 0.15) is 59.4 Å². The molecule has 0 aliphatic rings. The zero-order valence-corrected chi connectivity index (χ0v) is 17.7. The molecule has 0 saturated carbocycles. The molecular formula is C20H29FN2O6. The predicted molar refractivity (Wildman–Crippen MR) is 103 cm³/mol. The number of aromatic nitrogens is 1. The van der Waals surface area contributed by atoms with Crippen molar-refractivity contribution >= 4 is 18.0 Å². The van der Waals surface area contributed by atoms with E-state index in [1.807, 2.05) is 0 Å². The third-order valence-corrected chi connectivity index (χ3v) is 3.36. The molecule has 1 aromatic heterocycles. The number of nitrogens with one attached hydrogen (secondary N) is 1. The van der Waals surface area contributed by atoms with Crippen molar-refractivity contribution in [1.29, 1.82) is 0 Å². The number of pyridine rings is 1. The Kier molecular flexibility index (Phi) is 8.11. The van der Waals surface area contributed by atoms with Crippen LogP contribution >= 0.6 is 0 Å². The lowest BCUT2D eigenvalue weighted by molar-refractivity contribution is -0.154. The monoisotopic (exact) mass is 412 g/mol. The van der Waals surface area contributed by atoms with E-state index >= 15 is 0 Å². The van der Waals surface area contributed by atoms with Crippen LogP contribution in [0.2, 0.25) is 0 Å². The molecule has 162 valence electrons. The summed E-state index contributed by atoms with van der Waals surface area (Å²) < 4.78 is 24.3. The molecule has 1 unspecified atom stereocenters. The Morgan fingerprint density at radius 2 is 1.69 bits per heavy atom. The minimum atomic E-state index is -1.30. The van der Waals surface area contributed by atoms with E-state index in [1.54, 1.807) is 41.5 Å². The maximum atomic E-state index is 14.0. The van der Waals surface area contributed by atoms with Crippen molar-refractivity contribution in [2.45, 2.75) is 78.0 Å². The number of carboxylic acid groups (broad SMARTS) is 1. The van der Waals surface area contributed by atoms with Crippen LogP contribution in [0.4, 0.5) is 9.18 Å². The number of esters is 1. The molecule has 0 fully saturated rings. The Hall–Kier alpha value is -2.71. The van der Waals surface area contributed by atoms with Gasteiger partial charge in [0, 0.05) is 18.5 Å². The zero-order valence-electron chi connectivity index (χ0n) is 17.7. The molecule has 0 aliphatic carbocycles. The van der Waals surface area contributed by atoms with Gasteiger partial charge in [-0.15, -0.1) is 0 Å². The highest BCUT2D eigenvalue weighted by atomic mass is 19.1. The van der Waals surface area contributed by atoms with Crippen molar-refractivity contribution in [3.05, 3.63) is 29.3 Å². The van der Waals surface area contributed by atoms with E-state index in [4.69, 9.17) is 9.47 Å². The zero-order chi connectivity index (χ0) is 22.4. The second-order valence-electron chi connectivity index (χ2n) is 8.56. The van der Waals surface area contributed by atoms with E-state index in [2.05, 4.69) is 10.3 Å². The average molecular weight is 412 g/mol. The molecule has 1 rings (SSSR count). The molecule has 0 bridgehead atoms. The molecular weight excluding hydrogens is 383 g/mol. The maximum Gasteiger partial charge on any atom is 0.408 e. The predicted octanol–water partition coefficient (Wildman–Crippen LogP) is 3.02. The van der Waals surface area contributed by atoms with Gasteiger partial charge in [-0.1, -0.05) is 0 Å². The van der Waals surface area contributed by atoms with Crippen molar-refractivity contribution in [2.24, 2.45) is 0 Å². The number of nitrogens with zero attached hydrogens (tertiary/aromatic N) is 1. The van der Waals surface area contributed by atoms with Gasteiger partial charge >= 0.3 is 18.0 Å².